The van der Waals surface area contributed by atoms with Crippen molar-refractivity contribution >= 4 is 11.7 Å². The van der Waals surface area contributed by atoms with E-state index in [-0.39, 0.29) is 31.7 Å². The van der Waals surface area contributed by atoms with Crippen molar-refractivity contribution in [3.8, 4) is 0 Å². The van der Waals surface area contributed by atoms with E-state index < -0.39 is 11.6 Å². The Labute approximate surface area is 97.7 Å². The van der Waals surface area contributed by atoms with Crippen molar-refractivity contribution in [3.05, 3.63) is 30.1 Å². The van der Waals surface area contributed by atoms with Crippen molar-refractivity contribution in [2.45, 2.75) is 18.5 Å². The van der Waals surface area contributed by atoms with Crippen LogP contribution < -0.4 is 4.90 Å². The van der Waals surface area contributed by atoms with Gasteiger partial charge in [-0.25, -0.2) is 13.6 Å². The number of nitrogens with zero attached hydrogens (tertiary/aromatic N) is 1. The first-order valence-electron chi connectivity index (χ1n) is 5.45. The highest BCUT2D eigenvalue weighted by molar-refractivity contribution is 5.77. The molecule has 0 unspecified atom stereocenters. The van der Waals surface area contributed by atoms with Gasteiger partial charge in [0, 0.05) is 25.9 Å². The normalized spacial score (nSPS) is 19.1. The topological polar surface area (TPSA) is 40.5 Å². The standard InChI is InChI=1S/C12H13F2NO2/c13-9-3-1-2-4-10(9)15-7-5-12(14,6-8-15)11(16)17/h1-4H,5-8H2,(H,16,17). The van der Waals surface area contributed by atoms with E-state index in [1.165, 1.54) is 6.07 Å². The fourth-order valence-corrected chi connectivity index (χ4v) is 2.02. The minimum Gasteiger partial charge on any atom is -0.479 e. The van der Waals surface area contributed by atoms with E-state index in [2.05, 4.69) is 0 Å². The molecule has 1 saturated heterocycles. The molecule has 1 N–H and O–H groups in total. The van der Waals surface area contributed by atoms with Crippen LogP contribution in [0.3, 0.4) is 0 Å². The molecule has 0 saturated carbocycles. The van der Waals surface area contributed by atoms with Crippen LogP contribution in [-0.2, 0) is 4.79 Å². The largest absolute Gasteiger partial charge is 0.479 e. The lowest BCUT2D eigenvalue weighted by Crippen LogP contribution is -2.46. The average Bonchev–Trinajstić information content (AvgIpc) is 2.31. The number of aliphatic carboxylic acids is 1. The number of halogens is 2. The number of piperidine rings is 1. The van der Waals surface area contributed by atoms with Gasteiger partial charge in [-0.15, -0.1) is 0 Å². The molecule has 1 aliphatic rings. The number of benzene rings is 1. The highest BCUT2D eigenvalue weighted by Gasteiger charge is 2.42. The first-order chi connectivity index (χ1) is 8.03. The monoisotopic (exact) mass is 241 g/mol. The van der Waals surface area contributed by atoms with Crippen molar-refractivity contribution in [1.29, 1.82) is 0 Å². The van der Waals surface area contributed by atoms with Crippen molar-refractivity contribution in [2.24, 2.45) is 0 Å². The molecule has 1 fully saturated rings. The minimum absolute atomic E-state index is 0.114. The Morgan fingerprint density at radius 1 is 1.29 bits per heavy atom. The number of para-hydroxylation sites is 1. The van der Waals surface area contributed by atoms with E-state index >= 15 is 0 Å². The molecule has 0 amide bonds. The van der Waals surface area contributed by atoms with Crippen LogP contribution in [0.1, 0.15) is 12.8 Å². The number of carboxylic acid groups (broad SMARTS) is 1. The Balaban J connectivity index is 2.10. The summed E-state index contributed by atoms with van der Waals surface area (Å²) in [6.45, 7) is 0.424. The van der Waals surface area contributed by atoms with Crippen molar-refractivity contribution in [2.75, 3.05) is 18.0 Å². The maximum Gasteiger partial charge on any atom is 0.341 e. The van der Waals surface area contributed by atoms with E-state index in [4.69, 9.17) is 5.11 Å². The van der Waals surface area contributed by atoms with Crippen LogP contribution in [-0.4, -0.2) is 29.8 Å². The predicted molar refractivity (Wildman–Crippen MR) is 59.3 cm³/mol. The fourth-order valence-electron chi connectivity index (χ4n) is 2.02. The summed E-state index contributed by atoms with van der Waals surface area (Å²) in [5, 5.41) is 8.74. The Morgan fingerprint density at radius 3 is 2.41 bits per heavy atom. The molecule has 3 nitrogen and oxygen atoms in total. The molecule has 1 aromatic rings. The molecule has 1 aliphatic heterocycles. The van der Waals surface area contributed by atoms with E-state index in [0.29, 0.717) is 5.69 Å². The van der Waals surface area contributed by atoms with Crippen LogP contribution in [0.5, 0.6) is 0 Å². The Morgan fingerprint density at radius 2 is 1.88 bits per heavy atom. The van der Waals surface area contributed by atoms with Crippen LogP contribution in [0, 0.1) is 5.82 Å². The van der Waals surface area contributed by atoms with Crippen LogP contribution in [0.2, 0.25) is 0 Å². The number of carboxylic acids is 1. The second kappa shape index (κ2) is 4.31. The summed E-state index contributed by atoms with van der Waals surface area (Å²) in [4.78, 5) is 12.4. The van der Waals surface area contributed by atoms with E-state index in [1.807, 2.05) is 0 Å². The van der Waals surface area contributed by atoms with Crippen molar-refractivity contribution < 1.29 is 18.7 Å². The molecule has 1 heterocycles. The molecule has 2 rings (SSSR count). The summed E-state index contributed by atoms with van der Waals surface area (Å²) in [6, 6.07) is 6.23. The maximum atomic E-state index is 13.8. The van der Waals surface area contributed by atoms with Crippen molar-refractivity contribution in [1.82, 2.24) is 0 Å². The number of anilines is 1. The number of hydrogen-bond acceptors (Lipinski definition) is 2. The fraction of sp³-hybridized carbons (Fsp3) is 0.417. The van der Waals surface area contributed by atoms with Crippen LogP contribution in [0.25, 0.3) is 0 Å². The van der Waals surface area contributed by atoms with Gasteiger partial charge in [-0.05, 0) is 12.1 Å². The number of rotatable bonds is 2. The number of alkyl halides is 1. The van der Waals surface area contributed by atoms with E-state index in [9.17, 15) is 13.6 Å². The van der Waals surface area contributed by atoms with Gasteiger partial charge in [0.1, 0.15) is 5.82 Å². The SMILES string of the molecule is O=C(O)C1(F)CCN(c2ccccc2F)CC1. The first kappa shape index (κ1) is 11.8. The molecule has 0 atom stereocenters. The third-order valence-corrected chi connectivity index (χ3v) is 3.13. The average molecular weight is 241 g/mol. The predicted octanol–water partition coefficient (Wildman–Crippen LogP) is 2.22. The molecule has 92 valence electrons. The number of carbonyl (C=O) groups is 1. The lowest BCUT2D eigenvalue weighted by molar-refractivity contribution is -0.152. The second-order valence-electron chi connectivity index (χ2n) is 4.21. The van der Waals surface area contributed by atoms with Gasteiger partial charge in [0.05, 0.1) is 5.69 Å². The molecule has 0 aliphatic carbocycles. The zero-order chi connectivity index (χ0) is 12.5. The van der Waals surface area contributed by atoms with Gasteiger partial charge in [-0.2, -0.15) is 0 Å². The summed E-state index contributed by atoms with van der Waals surface area (Å²) in [5.41, 5.74) is -1.76. The maximum absolute atomic E-state index is 13.8. The molecule has 1 aromatic carbocycles. The van der Waals surface area contributed by atoms with Gasteiger partial charge in [0.15, 0.2) is 0 Å². The zero-order valence-electron chi connectivity index (χ0n) is 9.20. The molecule has 0 aromatic heterocycles. The highest BCUT2D eigenvalue weighted by atomic mass is 19.1. The first-order valence-corrected chi connectivity index (χ1v) is 5.45. The molecule has 0 radical (unpaired) electrons. The van der Waals surface area contributed by atoms with Gasteiger partial charge in [0.25, 0.3) is 0 Å². The highest BCUT2D eigenvalue weighted by Crippen LogP contribution is 2.30. The molecular formula is C12H13F2NO2. The molecule has 5 heteroatoms. The smallest absolute Gasteiger partial charge is 0.341 e. The molecule has 17 heavy (non-hydrogen) atoms. The van der Waals surface area contributed by atoms with Gasteiger partial charge < -0.3 is 10.0 Å². The van der Waals surface area contributed by atoms with E-state index in [0.717, 1.165) is 0 Å². The third kappa shape index (κ3) is 2.23. The third-order valence-electron chi connectivity index (χ3n) is 3.13. The zero-order valence-corrected chi connectivity index (χ0v) is 9.20. The Bertz CT molecular complexity index is 428. The van der Waals surface area contributed by atoms with Gasteiger partial charge in [-0.3, -0.25) is 0 Å². The van der Waals surface area contributed by atoms with Crippen molar-refractivity contribution in [3.63, 3.8) is 0 Å². The van der Waals surface area contributed by atoms with Crippen LogP contribution in [0.4, 0.5) is 14.5 Å². The van der Waals surface area contributed by atoms with Crippen LogP contribution in [0.15, 0.2) is 24.3 Å². The Kier molecular flexibility index (Phi) is 3.00. The lowest BCUT2D eigenvalue weighted by atomic mass is 9.93. The second-order valence-corrected chi connectivity index (χ2v) is 4.21. The summed E-state index contributed by atoms with van der Waals surface area (Å²) in [6.07, 6.45) is -0.229. The van der Waals surface area contributed by atoms with Gasteiger partial charge in [-0.1, -0.05) is 12.1 Å². The van der Waals surface area contributed by atoms with Gasteiger partial charge >= 0.3 is 5.97 Å². The summed E-state index contributed by atoms with van der Waals surface area (Å²) >= 11 is 0. The quantitative estimate of drug-likeness (QED) is 0.863. The summed E-state index contributed by atoms with van der Waals surface area (Å²) in [5.74, 6) is -1.79. The molecule has 0 spiro atoms. The van der Waals surface area contributed by atoms with Gasteiger partial charge in [0.2, 0.25) is 5.67 Å². The van der Waals surface area contributed by atoms with Crippen LogP contribution >= 0.6 is 0 Å². The molecule has 0 bridgehead atoms. The summed E-state index contributed by atoms with van der Waals surface area (Å²) in [7, 11) is 0. The Hall–Kier alpha value is -1.65. The van der Waals surface area contributed by atoms with E-state index in [1.54, 1.807) is 23.1 Å². The lowest BCUT2D eigenvalue weighted by Gasteiger charge is -2.35. The minimum atomic E-state index is -2.16. The number of hydrogen-bond donors (Lipinski definition) is 1. The molecular weight excluding hydrogens is 228 g/mol. The summed E-state index contributed by atoms with van der Waals surface area (Å²) < 4.78 is 27.2.